The summed E-state index contributed by atoms with van der Waals surface area (Å²) in [6, 6.07) is 0.0703. The van der Waals surface area contributed by atoms with Crippen molar-refractivity contribution < 1.29 is 14.7 Å². The molecule has 0 spiro atoms. The number of rotatable bonds is 4. The van der Waals surface area contributed by atoms with E-state index in [0.29, 0.717) is 13.0 Å². The number of hydrogen-bond donors (Lipinski definition) is 2. The molecule has 1 atom stereocenters. The predicted molar refractivity (Wildman–Crippen MR) is 76.0 cm³/mol. The molecule has 1 saturated carbocycles. The van der Waals surface area contributed by atoms with Gasteiger partial charge in [0.25, 0.3) is 0 Å². The quantitative estimate of drug-likeness (QED) is 0.810. The van der Waals surface area contributed by atoms with Crippen molar-refractivity contribution in [3.05, 3.63) is 0 Å². The van der Waals surface area contributed by atoms with Crippen molar-refractivity contribution in [2.75, 3.05) is 13.1 Å². The molecule has 1 aliphatic heterocycles. The van der Waals surface area contributed by atoms with E-state index in [1.165, 1.54) is 0 Å². The van der Waals surface area contributed by atoms with E-state index in [9.17, 15) is 14.7 Å². The zero-order chi connectivity index (χ0) is 14.5. The Morgan fingerprint density at radius 2 is 2.05 bits per heavy atom. The zero-order valence-electron chi connectivity index (χ0n) is 12.3. The fourth-order valence-corrected chi connectivity index (χ4v) is 3.13. The third-order valence-electron chi connectivity index (χ3n) is 4.53. The smallest absolute Gasteiger partial charge is 0.223 e. The lowest BCUT2D eigenvalue weighted by molar-refractivity contribution is -0.136. The molecule has 2 amide bonds. The van der Waals surface area contributed by atoms with Crippen molar-refractivity contribution in [1.82, 2.24) is 10.2 Å². The maximum absolute atomic E-state index is 12.1. The Balaban J connectivity index is 1.73. The van der Waals surface area contributed by atoms with Crippen LogP contribution < -0.4 is 5.32 Å². The summed E-state index contributed by atoms with van der Waals surface area (Å²) < 4.78 is 0. The molecule has 5 heteroatoms. The lowest BCUT2D eigenvalue weighted by Crippen LogP contribution is -2.48. The third-order valence-corrected chi connectivity index (χ3v) is 4.53. The van der Waals surface area contributed by atoms with Gasteiger partial charge in [-0.15, -0.1) is 0 Å². The average molecular weight is 282 g/mol. The van der Waals surface area contributed by atoms with Crippen molar-refractivity contribution in [2.24, 2.45) is 5.92 Å². The van der Waals surface area contributed by atoms with Crippen LogP contribution in [-0.2, 0) is 9.59 Å². The Morgan fingerprint density at radius 1 is 1.35 bits per heavy atom. The van der Waals surface area contributed by atoms with Crippen molar-refractivity contribution >= 4 is 11.8 Å². The number of piperidine rings is 1. The van der Waals surface area contributed by atoms with Crippen LogP contribution in [0.5, 0.6) is 0 Å². The Kier molecular flexibility index (Phi) is 5.40. The van der Waals surface area contributed by atoms with Crippen molar-refractivity contribution in [1.29, 1.82) is 0 Å². The van der Waals surface area contributed by atoms with Gasteiger partial charge in [0.15, 0.2) is 0 Å². The summed E-state index contributed by atoms with van der Waals surface area (Å²) in [5.41, 5.74) is 0. The first-order valence-electron chi connectivity index (χ1n) is 7.83. The second kappa shape index (κ2) is 7.07. The van der Waals surface area contributed by atoms with Crippen LogP contribution in [-0.4, -0.2) is 47.1 Å². The van der Waals surface area contributed by atoms with Gasteiger partial charge in [-0.25, -0.2) is 0 Å². The number of aliphatic hydroxyl groups excluding tert-OH is 1. The number of carbonyl (C=O) groups is 2. The van der Waals surface area contributed by atoms with Gasteiger partial charge in [0.1, 0.15) is 0 Å². The minimum atomic E-state index is -0.232. The number of aliphatic hydroxyl groups is 1. The number of nitrogens with one attached hydrogen (secondary N) is 1. The van der Waals surface area contributed by atoms with Crippen LogP contribution >= 0.6 is 0 Å². The van der Waals surface area contributed by atoms with E-state index in [4.69, 9.17) is 0 Å². The highest BCUT2D eigenvalue weighted by molar-refractivity contribution is 5.79. The molecular weight excluding hydrogens is 256 g/mol. The van der Waals surface area contributed by atoms with Gasteiger partial charge in [0.2, 0.25) is 11.8 Å². The van der Waals surface area contributed by atoms with Crippen LogP contribution in [0.3, 0.4) is 0 Å². The molecular formula is C15H26N2O3. The number of nitrogens with zero attached hydrogens (tertiary/aromatic N) is 1. The first kappa shape index (κ1) is 15.3. The summed E-state index contributed by atoms with van der Waals surface area (Å²) in [6.45, 7) is 3.34. The zero-order valence-corrected chi connectivity index (χ0v) is 12.3. The SMILES string of the molecule is C[C@@H](CNC(=O)C1CCC(O)CC1)N1CCCCC1=O. The number of carbonyl (C=O) groups excluding carboxylic acids is 2. The molecule has 114 valence electrons. The van der Waals surface area contributed by atoms with E-state index < -0.39 is 0 Å². The molecule has 2 N–H and O–H groups in total. The fraction of sp³-hybridized carbons (Fsp3) is 0.867. The minimum absolute atomic E-state index is 0.0302. The molecule has 2 rings (SSSR count). The first-order chi connectivity index (χ1) is 9.58. The van der Waals surface area contributed by atoms with E-state index >= 15 is 0 Å². The summed E-state index contributed by atoms with van der Waals surface area (Å²) in [6.07, 6.45) is 5.43. The lowest BCUT2D eigenvalue weighted by Gasteiger charge is -2.33. The molecule has 0 aromatic rings. The first-order valence-corrected chi connectivity index (χ1v) is 7.83. The van der Waals surface area contributed by atoms with Crippen LogP contribution in [0.15, 0.2) is 0 Å². The van der Waals surface area contributed by atoms with Crippen LogP contribution in [0.4, 0.5) is 0 Å². The Morgan fingerprint density at radius 3 is 2.70 bits per heavy atom. The van der Waals surface area contributed by atoms with Gasteiger partial charge in [-0.1, -0.05) is 0 Å². The largest absolute Gasteiger partial charge is 0.393 e. The number of amides is 2. The highest BCUT2D eigenvalue weighted by atomic mass is 16.3. The van der Waals surface area contributed by atoms with E-state index in [2.05, 4.69) is 5.32 Å². The highest BCUT2D eigenvalue weighted by Gasteiger charge is 2.27. The summed E-state index contributed by atoms with van der Waals surface area (Å²) in [5.74, 6) is 0.314. The normalized spacial score (nSPS) is 29.1. The molecule has 20 heavy (non-hydrogen) atoms. The maximum atomic E-state index is 12.1. The Labute approximate surface area is 120 Å². The molecule has 0 unspecified atom stereocenters. The average Bonchev–Trinajstić information content (AvgIpc) is 2.45. The Hall–Kier alpha value is -1.10. The topological polar surface area (TPSA) is 69.6 Å². The molecule has 0 aromatic heterocycles. The third kappa shape index (κ3) is 3.95. The molecule has 1 heterocycles. The summed E-state index contributed by atoms with van der Waals surface area (Å²) >= 11 is 0. The second-order valence-electron chi connectivity index (χ2n) is 6.14. The van der Waals surface area contributed by atoms with Gasteiger partial charge < -0.3 is 15.3 Å². The number of likely N-dealkylation sites (tertiary alicyclic amines) is 1. The van der Waals surface area contributed by atoms with E-state index in [-0.39, 0.29) is 29.9 Å². The molecule has 2 aliphatic rings. The molecule has 0 aromatic carbocycles. The summed E-state index contributed by atoms with van der Waals surface area (Å²) in [7, 11) is 0. The highest BCUT2D eigenvalue weighted by Crippen LogP contribution is 2.24. The van der Waals surface area contributed by atoms with E-state index in [1.807, 2.05) is 11.8 Å². The maximum Gasteiger partial charge on any atom is 0.223 e. The van der Waals surface area contributed by atoms with E-state index in [1.54, 1.807) is 0 Å². The van der Waals surface area contributed by atoms with Crippen LogP contribution in [0, 0.1) is 5.92 Å². The number of hydrogen-bond acceptors (Lipinski definition) is 3. The van der Waals surface area contributed by atoms with Crippen LogP contribution in [0.25, 0.3) is 0 Å². The van der Waals surface area contributed by atoms with Crippen LogP contribution in [0.2, 0.25) is 0 Å². The Bertz CT molecular complexity index is 351. The van der Waals surface area contributed by atoms with Crippen LogP contribution in [0.1, 0.15) is 51.9 Å². The van der Waals surface area contributed by atoms with Gasteiger partial charge in [0, 0.05) is 31.5 Å². The van der Waals surface area contributed by atoms with Crippen molar-refractivity contribution in [2.45, 2.75) is 64.0 Å². The molecule has 5 nitrogen and oxygen atoms in total. The molecule has 0 radical (unpaired) electrons. The minimum Gasteiger partial charge on any atom is -0.393 e. The fourth-order valence-electron chi connectivity index (χ4n) is 3.13. The van der Waals surface area contributed by atoms with Crippen molar-refractivity contribution in [3.63, 3.8) is 0 Å². The lowest BCUT2D eigenvalue weighted by atomic mass is 9.87. The summed E-state index contributed by atoms with van der Waals surface area (Å²) in [5, 5.41) is 12.4. The van der Waals surface area contributed by atoms with Gasteiger partial charge in [-0.2, -0.15) is 0 Å². The monoisotopic (exact) mass is 282 g/mol. The molecule has 1 saturated heterocycles. The predicted octanol–water partition coefficient (Wildman–Crippen LogP) is 1.05. The van der Waals surface area contributed by atoms with Crippen molar-refractivity contribution in [3.8, 4) is 0 Å². The van der Waals surface area contributed by atoms with Gasteiger partial charge in [-0.05, 0) is 45.4 Å². The van der Waals surface area contributed by atoms with Gasteiger partial charge >= 0.3 is 0 Å². The van der Waals surface area contributed by atoms with E-state index in [0.717, 1.165) is 45.1 Å². The standard InChI is InChI=1S/C15H26N2O3/c1-11(17-9-3-2-4-14(17)19)10-16-15(20)12-5-7-13(18)8-6-12/h11-13,18H,2-10H2,1H3,(H,16,20)/t11-,12?,13?/m0/s1. The molecule has 1 aliphatic carbocycles. The van der Waals surface area contributed by atoms with Gasteiger partial charge in [-0.3, -0.25) is 9.59 Å². The molecule has 0 bridgehead atoms. The second-order valence-corrected chi connectivity index (χ2v) is 6.14. The molecule has 2 fully saturated rings. The van der Waals surface area contributed by atoms with Gasteiger partial charge in [0.05, 0.1) is 6.10 Å². The summed E-state index contributed by atoms with van der Waals surface area (Å²) in [4.78, 5) is 25.8.